The lowest BCUT2D eigenvalue weighted by Crippen LogP contribution is -2.45. The van der Waals surface area contributed by atoms with E-state index in [-0.39, 0.29) is 11.9 Å². The van der Waals surface area contributed by atoms with Gasteiger partial charge in [-0.2, -0.15) is 0 Å². The molecule has 24 heavy (non-hydrogen) atoms. The van der Waals surface area contributed by atoms with Crippen LogP contribution in [0.5, 0.6) is 0 Å². The van der Waals surface area contributed by atoms with Gasteiger partial charge in [-0.05, 0) is 43.5 Å². The Hall–Kier alpha value is -1.40. The van der Waals surface area contributed by atoms with Gasteiger partial charge in [0.2, 0.25) is 5.91 Å². The minimum atomic E-state index is -0.451. The number of carbonyl (C=O) groups excluding carboxylic acids is 2. The summed E-state index contributed by atoms with van der Waals surface area (Å²) in [6.07, 6.45) is 0.316. The Balaban J connectivity index is 2.39. The zero-order valence-electron chi connectivity index (χ0n) is 14.3. The number of hydrogen-bond acceptors (Lipinski definition) is 4. The largest absolute Gasteiger partial charge is 0.450 e. The van der Waals surface area contributed by atoms with E-state index in [1.54, 1.807) is 19.1 Å². The van der Waals surface area contributed by atoms with Gasteiger partial charge in [0.1, 0.15) is 0 Å². The van der Waals surface area contributed by atoms with Crippen LogP contribution in [0.4, 0.5) is 4.79 Å². The molecule has 2 N–H and O–H groups in total. The van der Waals surface area contributed by atoms with Crippen LogP contribution in [-0.2, 0) is 9.53 Å². The van der Waals surface area contributed by atoms with Crippen LogP contribution in [0.2, 0.25) is 5.02 Å². The third kappa shape index (κ3) is 9.03. The van der Waals surface area contributed by atoms with Crippen molar-refractivity contribution in [3.8, 4) is 0 Å². The number of nitrogens with one attached hydrogen (secondary N) is 2. The maximum Gasteiger partial charge on any atom is 0.407 e. The Morgan fingerprint density at radius 2 is 1.92 bits per heavy atom. The molecule has 1 atom stereocenters. The number of benzene rings is 1. The van der Waals surface area contributed by atoms with Gasteiger partial charge < -0.3 is 15.4 Å². The molecule has 0 bridgehead atoms. The summed E-state index contributed by atoms with van der Waals surface area (Å²) in [6, 6.07) is 7.20. The summed E-state index contributed by atoms with van der Waals surface area (Å²) in [5.41, 5.74) is 0. The first kappa shape index (κ1) is 20.6. The molecule has 7 heteroatoms. The Morgan fingerprint density at radius 1 is 1.25 bits per heavy atom. The highest BCUT2D eigenvalue weighted by molar-refractivity contribution is 8.00. The normalized spacial score (nSPS) is 11.9. The number of rotatable bonds is 9. The van der Waals surface area contributed by atoms with Crippen molar-refractivity contribution in [2.24, 2.45) is 5.92 Å². The molecule has 1 rings (SSSR count). The van der Waals surface area contributed by atoms with Crippen LogP contribution >= 0.6 is 23.4 Å². The minimum Gasteiger partial charge on any atom is -0.450 e. The van der Waals surface area contributed by atoms with Gasteiger partial charge in [-0.1, -0.05) is 25.4 Å². The molecule has 0 aliphatic heterocycles. The fourth-order valence-corrected chi connectivity index (χ4v) is 2.92. The lowest BCUT2D eigenvalue weighted by atomic mass is 10.0. The number of alkyl carbamates (subject to hydrolysis) is 1. The Bertz CT molecular complexity index is 523. The molecule has 0 saturated carbocycles. The predicted octanol–water partition coefficient (Wildman–Crippen LogP) is 3.71. The first-order chi connectivity index (χ1) is 11.4. The Labute approximate surface area is 152 Å². The van der Waals surface area contributed by atoms with Crippen LogP contribution in [0, 0.1) is 5.92 Å². The van der Waals surface area contributed by atoms with E-state index in [1.807, 2.05) is 12.1 Å². The second-order valence-corrected chi connectivity index (χ2v) is 7.22. The van der Waals surface area contributed by atoms with Crippen molar-refractivity contribution in [2.45, 2.75) is 38.1 Å². The fourth-order valence-electron chi connectivity index (χ4n) is 2.07. The number of ether oxygens (including phenoxy) is 1. The second kappa shape index (κ2) is 11.2. The molecule has 5 nitrogen and oxygen atoms in total. The minimum absolute atomic E-state index is 0.0747. The third-order valence-electron chi connectivity index (χ3n) is 3.08. The van der Waals surface area contributed by atoms with E-state index in [4.69, 9.17) is 16.3 Å². The molecule has 0 aliphatic rings. The van der Waals surface area contributed by atoms with Crippen molar-refractivity contribution in [2.75, 3.05) is 18.9 Å². The van der Waals surface area contributed by atoms with Crippen LogP contribution in [0.1, 0.15) is 27.2 Å². The van der Waals surface area contributed by atoms with Gasteiger partial charge in [0.15, 0.2) is 0 Å². The van der Waals surface area contributed by atoms with Crippen LogP contribution in [0.25, 0.3) is 0 Å². The molecule has 0 aliphatic carbocycles. The van der Waals surface area contributed by atoms with Gasteiger partial charge in [-0.15, -0.1) is 11.8 Å². The van der Waals surface area contributed by atoms with Crippen molar-refractivity contribution in [3.63, 3.8) is 0 Å². The summed E-state index contributed by atoms with van der Waals surface area (Å²) in [4.78, 5) is 24.5. The summed E-state index contributed by atoms with van der Waals surface area (Å²) in [5, 5.41) is 6.32. The molecule has 2 amide bonds. The molecule has 1 aromatic carbocycles. The van der Waals surface area contributed by atoms with Crippen LogP contribution in [-0.4, -0.2) is 36.9 Å². The van der Waals surface area contributed by atoms with E-state index >= 15 is 0 Å². The topological polar surface area (TPSA) is 67.4 Å². The number of halogens is 1. The summed E-state index contributed by atoms with van der Waals surface area (Å²) >= 11 is 7.27. The maximum atomic E-state index is 12.0. The zero-order chi connectivity index (χ0) is 17.9. The number of hydrogen-bond donors (Lipinski definition) is 2. The van der Waals surface area contributed by atoms with Gasteiger partial charge >= 0.3 is 6.09 Å². The summed E-state index contributed by atoms with van der Waals surface area (Å²) in [5.74, 6) is 0.641. The zero-order valence-corrected chi connectivity index (χ0v) is 15.9. The highest BCUT2D eigenvalue weighted by atomic mass is 35.5. The summed E-state index contributed by atoms with van der Waals surface area (Å²) < 4.78 is 4.90. The Kier molecular flexibility index (Phi) is 9.64. The average Bonchev–Trinajstić information content (AvgIpc) is 2.51. The van der Waals surface area contributed by atoms with E-state index in [2.05, 4.69) is 24.5 Å². The highest BCUT2D eigenvalue weighted by Crippen LogP contribution is 2.19. The molecule has 134 valence electrons. The van der Waals surface area contributed by atoms with E-state index in [0.29, 0.717) is 29.8 Å². The van der Waals surface area contributed by atoms with Crippen LogP contribution in [0.15, 0.2) is 29.2 Å². The predicted molar refractivity (Wildman–Crippen MR) is 98.6 cm³/mol. The molecule has 1 unspecified atom stereocenters. The van der Waals surface area contributed by atoms with Crippen molar-refractivity contribution in [1.82, 2.24) is 10.6 Å². The SMILES string of the molecule is CCOC(=O)NC(CNC(=O)CSc1ccc(Cl)cc1)CC(C)C. The van der Waals surface area contributed by atoms with E-state index in [0.717, 1.165) is 11.3 Å². The number of thioether (sulfide) groups is 1. The van der Waals surface area contributed by atoms with Gasteiger partial charge in [-0.3, -0.25) is 4.79 Å². The Morgan fingerprint density at radius 3 is 2.50 bits per heavy atom. The molecule has 0 fully saturated rings. The first-order valence-corrected chi connectivity index (χ1v) is 9.35. The quantitative estimate of drug-likeness (QED) is 0.648. The van der Waals surface area contributed by atoms with Gasteiger partial charge in [0.25, 0.3) is 0 Å². The first-order valence-electron chi connectivity index (χ1n) is 7.99. The van der Waals surface area contributed by atoms with Gasteiger partial charge in [0.05, 0.1) is 12.4 Å². The van der Waals surface area contributed by atoms with Gasteiger partial charge in [0, 0.05) is 22.5 Å². The molecule has 0 radical (unpaired) electrons. The van der Waals surface area contributed by atoms with Crippen molar-refractivity contribution in [3.05, 3.63) is 29.3 Å². The molecular formula is C17H25ClN2O3S. The molecule has 0 aromatic heterocycles. The van der Waals surface area contributed by atoms with E-state index in [1.165, 1.54) is 11.8 Å². The van der Waals surface area contributed by atoms with E-state index < -0.39 is 6.09 Å². The smallest absolute Gasteiger partial charge is 0.407 e. The lowest BCUT2D eigenvalue weighted by Gasteiger charge is -2.20. The van der Waals surface area contributed by atoms with Crippen molar-refractivity contribution in [1.29, 1.82) is 0 Å². The monoisotopic (exact) mass is 372 g/mol. The molecule has 1 aromatic rings. The third-order valence-corrected chi connectivity index (χ3v) is 4.35. The molecule has 0 heterocycles. The summed E-state index contributed by atoms with van der Waals surface area (Å²) in [7, 11) is 0. The highest BCUT2D eigenvalue weighted by Gasteiger charge is 2.15. The standard InChI is InChI=1S/C17H25ClN2O3S/c1-4-23-17(22)20-14(9-12(2)3)10-19-16(21)11-24-15-7-5-13(18)6-8-15/h5-8,12,14H,4,9-11H2,1-3H3,(H,19,21)(H,20,22). The fraction of sp³-hybridized carbons (Fsp3) is 0.529. The number of amides is 2. The van der Waals surface area contributed by atoms with Gasteiger partial charge in [-0.25, -0.2) is 4.79 Å². The van der Waals surface area contributed by atoms with Crippen LogP contribution < -0.4 is 10.6 Å². The second-order valence-electron chi connectivity index (χ2n) is 5.74. The molecular weight excluding hydrogens is 348 g/mol. The van der Waals surface area contributed by atoms with Crippen molar-refractivity contribution < 1.29 is 14.3 Å². The lowest BCUT2D eigenvalue weighted by molar-refractivity contribution is -0.118. The van der Waals surface area contributed by atoms with E-state index in [9.17, 15) is 9.59 Å². The average molecular weight is 373 g/mol. The summed E-state index contributed by atoms with van der Waals surface area (Å²) in [6.45, 7) is 6.60. The molecule has 0 saturated heterocycles. The number of carbonyl (C=O) groups is 2. The van der Waals surface area contributed by atoms with Crippen LogP contribution in [0.3, 0.4) is 0 Å². The molecule has 0 spiro atoms. The van der Waals surface area contributed by atoms with Crippen molar-refractivity contribution >= 4 is 35.4 Å². The maximum absolute atomic E-state index is 12.0.